The van der Waals surface area contributed by atoms with Crippen molar-refractivity contribution in [2.24, 2.45) is 0 Å². The second kappa shape index (κ2) is 6.53. The van der Waals surface area contributed by atoms with Gasteiger partial charge < -0.3 is 9.88 Å². The minimum Gasteiger partial charge on any atom is -0.332 e. The molecule has 1 aliphatic heterocycles. The van der Waals surface area contributed by atoms with Crippen LogP contribution in [0.4, 0.5) is 0 Å². The summed E-state index contributed by atoms with van der Waals surface area (Å²) in [4.78, 5) is 6.45. The summed E-state index contributed by atoms with van der Waals surface area (Å²) in [6.45, 7) is 6.97. The molecule has 0 radical (unpaired) electrons. The fourth-order valence-corrected chi connectivity index (χ4v) is 2.45. The van der Waals surface area contributed by atoms with Crippen molar-refractivity contribution >= 4 is 0 Å². The molecule has 0 saturated carbocycles. The van der Waals surface area contributed by atoms with Gasteiger partial charge >= 0.3 is 0 Å². The smallest absolute Gasteiger partial charge is 0.140 e. The Morgan fingerprint density at radius 1 is 1.50 bits per heavy atom. The van der Waals surface area contributed by atoms with Crippen LogP contribution in [-0.4, -0.2) is 40.6 Å². The lowest BCUT2D eigenvalue weighted by atomic mass is 10.2. The van der Waals surface area contributed by atoms with E-state index >= 15 is 0 Å². The summed E-state index contributed by atoms with van der Waals surface area (Å²) in [5, 5.41) is 12.8. The summed E-state index contributed by atoms with van der Waals surface area (Å²) in [7, 11) is 0. The normalized spacial score (nSPS) is 19.1. The first-order valence-electron chi connectivity index (χ1n) is 6.71. The van der Waals surface area contributed by atoms with Crippen LogP contribution >= 0.6 is 0 Å². The van der Waals surface area contributed by atoms with E-state index in [1.165, 1.54) is 0 Å². The van der Waals surface area contributed by atoms with Crippen molar-refractivity contribution in [1.82, 2.24) is 19.8 Å². The van der Waals surface area contributed by atoms with Gasteiger partial charge in [-0.25, -0.2) is 4.98 Å². The zero-order valence-electron chi connectivity index (χ0n) is 11.0. The minimum atomic E-state index is -0.168. The van der Waals surface area contributed by atoms with E-state index in [2.05, 4.69) is 32.8 Å². The summed E-state index contributed by atoms with van der Waals surface area (Å²) in [6.07, 6.45) is 5.82. The van der Waals surface area contributed by atoms with Gasteiger partial charge in [-0.15, -0.1) is 0 Å². The molecule has 1 N–H and O–H groups in total. The Balaban J connectivity index is 2.16. The van der Waals surface area contributed by atoms with Crippen LogP contribution in [0.1, 0.15) is 31.5 Å². The molecular weight excluding hydrogens is 226 g/mol. The first-order valence-corrected chi connectivity index (χ1v) is 6.71. The lowest BCUT2D eigenvalue weighted by molar-refractivity contribution is 0.244. The Morgan fingerprint density at radius 3 is 3.17 bits per heavy atom. The molecule has 0 aliphatic carbocycles. The van der Waals surface area contributed by atoms with E-state index in [1.54, 1.807) is 0 Å². The number of nitrogens with one attached hydrogen (secondary N) is 1. The number of aromatic nitrogens is 2. The molecule has 1 aromatic rings. The molecule has 1 atom stereocenters. The Morgan fingerprint density at radius 2 is 2.39 bits per heavy atom. The highest BCUT2D eigenvalue weighted by Gasteiger charge is 2.23. The number of hydrogen-bond acceptors (Lipinski definition) is 4. The summed E-state index contributed by atoms with van der Waals surface area (Å²) >= 11 is 0. The predicted molar refractivity (Wildman–Crippen MR) is 69.9 cm³/mol. The summed E-state index contributed by atoms with van der Waals surface area (Å²) in [5.74, 6) is 0. The van der Waals surface area contributed by atoms with E-state index in [-0.39, 0.29) is 6.04 Å². The summed E-state index contributed by atoms with van der Waals surface area (Å²) < 4.78 is 2.10. The molecule has 0 bridgehead atoms. The van der Waals surface area contributed by atoms with Crippen LogP contribution in [-0.2, 0) is 6.54 Å². The number of aryl methyl sites for hydroxylation is 1. The van der Waals surface area contributed by atoms with E-state index in [4.69, 9.17) is 0 Å². The first kappa shape index (κ1) is 13.1. The number of nitrogens with zero attached hydrogens (tertiary/aromatic N) is 4. The van der Waals surface area contributed by atoms with Gasteiger partial charge in [0, 0.05) is 26.2 Å². The number of nitriles is 1. The Labute approximate surface area is 108 Å². The van der Waals surface area contributed by atoms with Crippen LogP contribution < -0.4 is 5.32 Å². The minimum absolute atomic E-state index is 0.168. The average molecular weight is 247 g/mol. The average Bonchev–Trinajstić information content (AvgIpc) is 2.66. The second-order valence-corrected chi connectivity index (χ2v) is 4.68. The van der Waals surface area contributed by atoms with Crippen LogP contribution in [0.3, 0.4) is 0 Å². The van der Waals surface area contributed by atoms with E-state index < -0.39 is 0 Å². The quantitative estimate of drug-likeness (QED) is 0.867. The maximum absolute atomic E-state index is 9.48. The fraction of sp³-hybridized carbons (Fsp3) is 0.692. The van der Waals surface area contributed by atoms with Crippen molar-refractivity contribution in [3.8, 4) is 6.07 Å². The fourth-order valence-electron chi connectivity index (χ4n) is 2.45. The molecule has 1 unspecified atom stereocenters. The molecule has 2 heterocycles. The van der Waals surface area contributed by atoms with Crippen molar-refractivity contribution in [3.05, 3.63) is 18.2 Å². The molecule has 98 valence electrons. The zero-order valence-corrected chi connectivity index (χ0v) is 11.0. The molecule has 18 heavy (non-hydrogen) atoms. The highest BCUT2D eigenvalue weighted by molar-refractivity contribution is 5.14. The molecule has 1 saturated heterocycles. The maximum atomic E-state index is 9.48. The van der Waals surface area contributed by atoms with Gasteiger partial charge in [-0.2, -0.15) is 5.26 Å². The van der Waals surface area contributed by atoms with Crippen molar-refractivity contribution in [2.45, 2.75) is 32.4 Å². The molecular formula is C13H21N5. The Kier molecular flexibility index (Phi) is 4.73. The molecule has 0 spiro atoms. The van der Waals surface area contributed by atoms with Gasteiger partial charge in [0.25, 0.3) is 0 Å². The molecule has 0 amide bonds. The Bertz CT molecular complexity index is 398. The molecule has 2 rings (SSSR count). The summed E-state index contributed by atoms with van der Waals surface area (Å²) in [5.41, 5.74) is 1.03. The highest BCUT2D eigenvalue weighted by Crippen LogP contribution is 2.20. The largest absolute Gasteiger partial charge is 0.332 e. The highest BCUT2D eigenvalue weighted by atomic mass is 15.2. The lowest BCUT2D eigenvalue weighted by Gasteiger charge is -2.25. The Hall–Kier alpha value is -1.38. The molecule has 0 aromatic carbocycles. The van der Waals surface area contributed by atoms with Crippen LogP contribution in [0.5, 0.6) is 0 Å². The third kappa shape index (κ3) is 2.89. The predicted octanol–water partition coefficient (Wildman–Crippen LogP) is 1.15. The van der Waals surface area contributed by atoms with Crippen LogP contribution in [0, 0.1) is 11.3 Å². The monoisotopic (exact) mass is 247 g/mol. The molecule has 5 heteroatoms. The number of rotatable bonds is 4. The second-order valence-electron chi connectivity index (χ2n) is 4.68. The van der Waals surface area contributed by atoms with Crippen molar-refractivity contribution in [1.29, 1.82) is 5.26 Å². The number of hydrogen-bond donors (Lipinski definition) is 1. The lowest BCUT2D eigenvalue weighted by Crippen LogP contribution is -2.32. The molecule has 1 aromatic heterocycles. The zero-order chi connectivity index (χ0) is 12.8. The van der Waals surface area contributed by atoms with Crippen molar-refractivity contribution in [3.63, 3.8) is 0 Å². The van der Waals surface area contributed by atoms with Gasteiger partial charge in [-0.05, 0) is 19.4 Å². The molecule has 5 nitrogen and oxygen atoms in total. The van der Waals surface area contributed by atoms with Gasteiger partial charge in [0.1, 0.15) is 6.04 Å². The molecule has 1 aliphatic rings. The topological polar surface area (TPSA) is 56.9 Å². The van der Waals surface area contributed by atoms with E-state index in [0.717, 1.165) is 51.3 Å². The van der Waals surface area contributed by atoms with Gasteiger partial charge in [0.15, 0.2) is 0 Å². The van der Waals surface area contributed by atoms with Crippen LogP contribution in [0.25, 0.3) is 0 Å². The molecule has 1 fully saturated rings. The van der Waals surface area contributed by atoms with Crippen molar-refractivity contribution < 1.29 is 0 Å². The van der Waals surface area contributed by atoms with Gasteiger partial charge in [0.2, 0.25) is 0 Å². The van der Waals surface area contributed by atoms with Crippen LogP contribution in [0.2, 0.25) is 0 Å². The third-order valence-corrected chi connectivity index (χ3v) is 3.35. The van der Waals surface area contributed by atoms with Crippen molar-refractivity contribution in [2.75, 3.05) is 26.2 Å². The standard InChI is InChI=1S/C13H21N5/c1-2-6-18-11-16-10-13(18)12(9-14)17-7-3-4-15-5-8-17/h10-12,15H,2-8H2,1H3. The first-order chi connectivity index (χ1) is 8.86. The summed E-state index contributed by atoms with van der Waals surface area (Å²) in [6, 6.07) is 2.27. The third-order valence-electron chi connectivity index (χ3n) is 3.35. The maximum Gasteiger partial charge on any atom is 0.140 e. The van der Waals surface area contributed by atoms with Gasteiger partial charge in [-0.1, -0.05) is 6.92 Å². The SMILES string of the molecule is CCCn1cncc1C(C#N)N1CCCNCC1. The van der Waals surface area contributed by atoms with Gasteiger partial charge in [0.05, 0.1) is 24.3 Å². The van der Waals surface area contributed by atoms with E-state index in [9.17, 15) is 5.26 Å². The van der Waals surface area contributed by atoms with Gasteiger partial charge in [-0.3, -0.25) is 4.90 Å². The van der Waals surface area contributed by atoms with Crippen LogP contribution in [0.15, 0.2) is 12.5 Å². The van der Waals surface area contributed by atoms with E-state index in [1.807, 2.05) is 12.5 Å². The van der Waals surface area contributed by atoms with E-state index in [0.29, 0.717) is 0 Å². The number of imidazole rings is 1.